The number of hydrogen-bond acceptors (Lipinski definition) is 10. The average molecular weight is 531 g/mol. The Bertz CT molecular complexity index is 1470. The molecule has 0 bridgehead atoms. The first-order valence-corrected chi connectivity index (χ1v) is 12.9. The summed E-state index contributed by atoms with van der Waals surface area (Å²) in [7, 11) is 0. The van der Waals surface area contributed by atoms with Crippen molar-refractivity contribution in [2.75, 3.05) is 11.9 Å². The maximum Gasteiger partial charge on any atom is 0.324 e. The SMILES string of the molecule is C=CCOc1nc(Nc2cc(C)cc(-n3nc4ccccc4n3)c2O)nc(OC2CC(C)(C)NC(C)(C)C2)n1. The van der Waals surface area contributed by atoms with Crippen LogP contribution in [0.15, 0.2) is 49.1 Å². The van der Waals surface area contributed by atoms with Gasteiger partial charge in [-0.25, -0.2) is 0 Å². The molecule has 1 fully saturated rings. The van der Waals surface area contributed by atoms with Crippen molar-refractivity contribution in [1.82, 2.24) is 35.3 Å². The van der Waals surface area contributed by atoms with Gasteiger partial charge in [0, 0.05) is 23.9 Å². The molecule has 204 valence electrons. The van der Waals surface area contributed by atoms with Gasteiger partial charge in [-0.3, -0.25) is 0 Å². The van der Waals surface area contributed by atoms with Gasteiger partial charge in [-0.2, -0.15) is 9.97 Å². The number of aromatic nitrogens is 6. The van der Waals surface area contributed by atoms with Crippen molar-refractivity contribution in [2.45, 2.75) is 64.6 Å². The van der Waals surface area contributed by atoms with Crippen molar-refractivity contribution in [1.29, 1.82) is 0 Å². The fraction of sp³-hybridized carbons (Fsp3) is 0.393. The second kappa shape index (κ2) is 10.1. The highest BCUT2D eigenvalue weighted by Gasteiger charge is 2.39. The van der Waals surface area contributed by atoms with Gasteiger partial charge in [0.05, 0.1) is 5.69 Å². The van der Waals surface area contributed by atoms with E-state index >= 15 is 0 Å². The number of hydrogen-bond donors (Lipinski definition) is 3. The normalized spacial score (nSPS) is 16.6. The number of anilines is 2. The van der Waals surface area contributed by atoms with Crippen LogP contribution in [0.2, 0.25) is 0 Å². The highest BCUT2D eigenvalue weighted by atomic mass is 16.5. The summed E-state index contributed by atoms with van der Waals surface area (Å²) in [6.45, 7) is 14.4. The minimum absolute atomic E-state index is 0.0563. The molecule has 39 heavy (non-hydrogen) atoms. The Kier molecular flexibility index (Phi) is 6.85. The van der Waals surface area contributed by atoms with Crippen LogP contribution in [0.5, 0.6) is 17.8 Å². The predicted octanol–water partition coefficient (Wildman–Crippen LogP) is 4.62. The smallest absolute Gasteiger partial charge is 0.324 e. The lowest BCUT2D eigenvalue weighted by atomic mass is 9.81. The lowest BCUT2D eigenvalue weighted by molar-refractivity contribution is 0.0492. The molecule has 11 heteroatoms. The van der Waals surface area contributed by atoms with Crippen molar-refractivity contribution in [2.24, 2.45) is 0 Å². The summed E-state index contributed by atoms with van der Waals surface area (Å²) < 4.78 is 11.9. The van der Waals surface area contributed by atoms with Crippen LogP contribution in [0.3, 0.4) is 0 Å². The van der Waals surface area contributed by atoms with Crippen molar-refractivity contribution in [3.63, 3.8) is 0 Å². The van der Waals surface area contributed by atoms with E-state index in [4.69, 9.17) is 9.47 Å². The van der Waals surface area contributed by atoms with Crippen LogP contribution in [-0.4, -0.2) is 58.8 Å². The molecular weight excluding hydrogens is 496 g/mol. The first-order valence-electron chi connectivity index (χ1n) is 12.9. The van der Waals surface area contributed by atoms with Gasteiger partial charge in [-0.1, -0.05) is 24.8 Å². The molecule has 0 atom stereocenters. The molecule has 1 aliphatic heterocycles. The Morgan fingerprint density at radius 1 is 1.05 bits per heavy atom. The molecule has 1 aliphatic rings. The van der Waals surface area contributed by atoms with Gasteiger partial charge >= 0.3 is 12.0 Å². The van der Waals surface area contributed by atoms with Crippen molar-refractivity contribution >= 4 is 22.7 Å². The number of nitrogens with zero attached hydrogens (tertiary/aromatic N) is 6. The summed E-state index contributed by atoms with van der Waals surface area (Å²) in [4.78, 5) is 14.7. The van der Waals surface area contributed by atoms with E-state index in [-0.39, 0.29) is 47.5 Å². The fourth-order valence-electron chi connectivity index (χ4n) is 5.20. The Labute approximate surface area is 227 Å². The van der Waals surface area contributed by atoms with Gasteiger partial charge in [-0.15, -0.1) is 20.0 Å². The van der Waals surface area contributed by atoms with E-state index in [1.807, 2.05) is 31.2 Å². The number of phenolic OH excluding ortho intramolecular Hbond substituents is 1. The van der Waals surface area contributed by atoms with E-state index in [2.05, 4.69) is 70.1 Å². The minimum Gasteiger partial charge on any atom is -0.504 e. The quantitative estimate of drug-likeness (QED) is 0.219. The topological polar surface area (TPSA) is 132 Å². The molecule has 3 heterocycles. The van der Waals surface area contributed by atoms with Crippen LogP contribution in [0.1, 0.15) is 46.1 Å². The number of aryl methyl sites for hydroxylation is 1. The highest BCUT2D eigenvalue weighted by molar-refractivity contribution is 5.75. The predicted molar refractivity (Wildman–Crippen MR) is 149 cm³/mol. The lowest BCUT2D eigenvalue weighted by Gasteiger charge is -2.45. The van der Waals surface area contributed by atoms with Gasteiger partial charge in [0.1, 0.15) is 29.4 Å². The molecule has 2 aromatic heterocycles. The zero-order valence-electron chi connectivity index (χ0n) is 22.9. The summed E-state index contributed by atoms with van der Waals surface area (Å²) >= 11 is 0. The number of rotatable bonds is 8. The maximum atomic E-state index is 11.2. The van der Waals surface area contributed by atoms with E-state index in [1.54, 1.807) is 18.2 Å². The second-order valence-electron chi connectivity index (χ2n) is 11.1. The van der Waals surface area contributed by atoms with E-state index in [0.717, 1.165) is 29.4 Å². The lowest BCUT2D eigenvalue weighted by Crippen LogP contribution is -2.60. The van der Waals surface area contributed by atoms with Gasteiger partial charge in [0.25, 0.3) is 0 Å². The molecule has 11 nitrogen and oxygen atoms in total. The zero-order valence-corrected chi connectivity index (χ0v) is 22.9. The largest absolute Gasteiger partial charge is 0.504 e. The fourth-order valence-corrected chi connectivity index (χ4v) is 5.20. The van der Waals surface area contributed by atoms with Gasteiger partial charge in [-0.05, 0) is 64.4 Å². The number of benzene rings is 2. The standard InChI is InChI=1S/C28H34N8O3/c1-7-12-38-25-30-24(31-26(32-25)39-18-15-27(3,4)35-28(5,6)16-18)29-21-13-17(2)14-22(23(21)37)36-33-19-10-8-9-11-20(19)34-36/h7-11,13-14,18,35,37H,1,12,15-16H2,2-6H3,(H,29,30,31,32). The van der Waals surface area contributed by atoms with Crippen LogP contribution in [0.4, 0.5) is 11.6 Å². The van der Waals surface area contributed by atoms with Crippen molar-refractivity contribution in [3.8, 4) is 23.5 Å². The maximum absolute atomic E-state index is 11.2. The molecule has 0 amide bonds. The third-order valence-corrected chi connectivity index (χ3v) is 6.33. The Morgan fingerprint density at radius 2 is 1.69 bits per heavy atom. The first kappa shape index (κ1) is 26.4. The van der Waals surface area contributed by atoms with Crippen LogP contribution in [0.25, 0.3) is 16.7 Å². The summed E-state index contributed by atoms with van der Waals surface area (Å²) in [5.74, 6) is 0.108. The molecule has 0 spiro atoms. The monoisotopic (exact) mass is 530 g/mol. The number of ether oxygens (including phenoxy) is 2. The van der Waals surface area contributed by atoms with Gasteiger partial charge in [0.15, 0.2) is 5.75 Å². The van der Waals surface area contributed by atoms with Crippen molar-refractivity contribution in [3.05, 3.63) is 54.6 Å². The Balaban J connectivity index is 1.47. The summed E-state index contributed by atoms with van der Waals surface area (Å²) in [5.41, 5.74) is 2.89. The molecule has 2 aromatic carbocycles. The molecule has 1 saturated heterocycles. The van der Waals surface area contributed by atoms with Crippen LogP contribution >= 0.6 is 0 Å². The summed E-state index contributed by atoms with van der Waals surface area (Å²) in [5, 5.41) is 27.0. The molecule has 0 radical (unpaired) electrons. The number of aromatic hydroxyl groups is 1. The van der Waals surface area contributed by atoms with Gasteiger partial charge < -0.3 is 25.2 Å². The molecule has 0 aliphatic carbocycles. The first-order chi connectivity index (χ1) is 18.5. The number of piperidine rings is 1. The molecule has 0 unspecified atom stereocenters. The van der Waals surface area contributed by atoms with Crippen LogP contribution in [0, 0.1) is 6.92 Å². The third-order valence-electron chi connectivity index (χ3n) is 6.33. The zero-order chi connectivity index (χ0) is 27.8. The van der Waals surface area contributed by atoms with Gasteiger partial charge in [0.2, 0.25) is 5.95 Å². The highest BCUT2D eigenvalue weighted by Crippen LogP contribution is 2.35. The number of phenols is 1. The van der Waals surface area contributed by atoms with Crippen LogP contribution < -0.4 is 20.1 Å². The van der Waals surface area contributed by atoms with Crippen LogP contribution in [-0.2, 0) is 0 Å². The van der Waals surface area contributed by atoms with Crippen molar-refractivity contribution < 1.29 is 14.6 Å². The second-order valence-corrected chi connectivity index (χ2v) is 11.1. The summed E-state index contributed by atoms with van der Waals surface area (Å²) in [6.07, 6.45) is 3.05. The molecule has 0 saturated carbocycles. The molecule has 3 N–H and O–H groups in total. The average Bonchev–Trinajstić information content (AvgIpc) is 3.27. The van der Waals surface area contributed by atoms with E-state index in [0.29, 0.717) is 11.4 Å². The number of fused-ring (bicyclic) bond motifs is 1. The van der Waals surface area contributed by atoms with E-state index in [1.165, 1.54) is 4.80 Å². The molecule has 5 rings (SSSR count). The molecule has 4 aromatic rings. The number of nitrogens with one attached hydrogen (secondary N) is 2. The molecular formula is C28H34N8O3. The Hall–Kier alpha value is -4.25. The Morgan fingerprint density at radius 3 is 2.33 bits per heavy atom. The third kappa shape index (κ3) is 6.09. The van der Waals surface area contributed by atoms with E-state index in [9.17, 15) is 5.11 Å². The summed E-state index contributed by atoms with van der Waals surface area (Å²) in [6, 6.07) is 11.3. The minimum atomic E-state index is -0.113. The van der Waals surface area contributed by atoms with E-state index < -0.39 is 0 Å².